The van der Waals surface area contributed by atoms with Crippen LogP contribution in [0, 0.1) is 12.3 Å². The van der Waals surface area contributed by atoms with Gasteiger partial charge in [0.1, 0.15) is 0 Å². The lowest BCUT2D eigenvalue weighted by molar-refractivity contribution is 0.288. The molecule has 1 radical (unpaired) electrons. The van der Waals surface area contributed by atoms with Gasteiger partial charge in [-0.1, -0.05) is 19.9 Å². The summed E-state index contributed by atoms with van der Waals surface area (Å²) in [5.41, 5.74) is 0.383. The highest BCUT2D eigenvalue weighted by Crippen LogP contribution is 2.27. The normalized spacial score (nSPS) is 30.1. The molecule has 1 rings (SSSR count). The third-order valence-electron chi connectivity index (χ3n) is 2.16. The van der Waals surface area contributed by atoms with Gasteiger partial charge in [-0.25, -0.2) is 0 Å². The minimum atomic E-state index is 0.383. The number of nitrogens with zero attached hydrogens (tertiary/aromatic N) is 1. The van der Waals surface area contributed by atoms with Gasteiger partial charge in [-0.3, -0.25) is 4.90 Å². The molecule has 1 saturated heterocycles. The van der Waals surface area contributed by atoms with E-state index in [0.29, 0.717) is 11.5 Å². The second kappa shape index (κ2) is 2.98. The van der Waals surface area contributed by atoms with Crippen molar-refractivity contribution in [3.63, 3.8) is 0 Å². The molecule has 1 heteroatoms. The quantitative estimate of drug-likeness (QED) is 0.440. The van der Waals surface area contributed by atoms with Gasteiger partial charge in [-0.05, 0) is 18.8 Å². The Morgan fingerprint density at radius 1 is 1.64 bits per heavy atom. The zero-order valence-corrected chi connectivity index (χ0v) is 7.64. The van der Waals surface area contributed by atoms with E-state index in [9.17, 15) is 0 Å². The summed E-state index contributed by atoms with van der Waals surface area (Å²) in [4.78, 5) is 2.39. The Labute approximate surface area is 70.1 Å². The molecule has 2 atom stereocenters. The Morgan fingerprint density at radius 2 is 2.18 bits per heavy atom. The molecule has 2 unspecified atom stereocenters. The van der Waals surface area contributed by atoms with Crippen LogP contribution in [0.2, 0.25) is 0 Å². The van der Waals surface area contributed by atoms with Crippen molar-refractivity contribution in [2.75, 3.05) is 13.1 Å². The van der Waals surface area contributed by atoms with Crippen molar-refractivity contribution in [1.29, 1.82) is 0 Å². The molecule has 0 amide bonds. The molecular formula is C10H18N. The summed E-state index contributed by atoms with van der Waals surface area (Å²) in [6, 6.07) is 0.582. The lowest BCUT2D eigenvalue weighted by atomic mass is 9.89. The Hall–Kier alpha value is -0.300. The molecule has 0 aromatic heterocycles. The van der Waals surface area contributed by atoms with E-state index in [2.05, 4.69) is 32.3 Å². The first-order valence-electron chi connectivity index (χ1n) is 4.23. The first kappa shape index (κ1) is 8.79. The Kier molecular flexibility index (Phi) is 2.38. The molecular weight excluding hydrogens is 134 g/mol. The van der Waals surface area contributed by atoms with E-state index in [-0.39, 0.29) is 0 Å². The molecule has 1 fully saturated rings. The van der Waals surface area contributed by atoms with Gasteiger partial charge in [0.2, 0.25) is 0 Å². The molecule has 0 aliphatic carbocycles. The number of hydrogen-bond acceptors (Lipinski definition) is 1. The van der Waals surface area contributed by atoms with Crippen LogP contribution in [0.15, 0.2) is 12.7 Å². The second-order valence-electron chi connectivity index (χ2n) is 4.24. The summed E-state index contributed by atoms with van der Waals surface area (Å²) in [7, 11) is 0. The first-order chi connectivity index (χ1) is 5.05. The van der Waals surface area contributed by atoms with Crippen LogP contribution in [-0.4, -0.2) is 24.0 Å². The minimum Gasteiger partial charge on any atom is -0.297 e. The highest BCUT2D eigenvalue weighted by Gasteiger charge is 2.33. The van der Waals surface area contributed by atoms with Crippen LogP contribution in [0.5, 0.6) is 0 Å². The maximum atomic E-state index is 3.98. The lowest BCUT2D eigenvalue weighted by Gasteiger charge is -2.23. The highest BCUT2D eigenvalue weighted by molar-refractivity contribution is 4.95. The molecule has 0 saturated carbocycles. The van der Waals surface area contributed by atoms with Crippen LogP contribution < -0.4 is 0 Å². The topological polar surface area (TPSA) is 3.01 Å². The van der Waals surface area contributed by atoms with Gasteiger partial charge in [0.05, 0.1) is 0 Å². The largest absolute Gasteiger partial charge is 0.297 e. The maximum Gasteiger partial charge on any atom is 0.0224 e. The second-order valence-corrected chi connectivity index (χ2v) is 4.24. The van der Waals surface area contributed by atoms with E-state index >= 15 is 0 Å². The van der Waals surface area contributed by atoms with Crippen molar-refractivity contribution >= 4 is 0 Å². The smallest absolute Gasteiger partial charge is 0.0224 e. The molecule has 63 valence electrons. The standard InChI is InChI=1S/C10H18N/c1-5-6-10(3,4)8-11-7-9(11)2/h5,9H,1-2,6-8H2,3-4H3. The van der Waals surface area contributed by atoms with E-state index in [4.69, 9.17) is 0 Å². The zero-order chi connectivity index (χ0) is 8.48. The van der Waals surface area contributed by atoms with Gasteiger partial charge < -0.3 is 0 Å². The van der Waals surface area contributed by atoms with E-state index in [0.717, 1.165) is 13.0 Å². The van der Waals surface area contributed by atoms with Crippen molar-refractivity contribution in [3.8, 4) is 0 Å². The summed E-state index contributed by atoms with van der Waals surface area (Å²) >= 11 is 0. The summed E-state index contributed by atoms with van der Waals surface area (Å²) in [5, 5.41) is 0. The van der Waals surface area contributed by atoms with Crippen LogP contribution in [0.3, 0.4) is 0 Å². The van der Waals surface area contributed by atoms with Crippen molar-refractivity contribution in [2.24, 2.45) is 5.41 Å². The Morgan fingerprint density at radius 3 is 2.55 bits per heavy atom. The summed E-state index contributed by atoms with van der Waals surface area (Å²) < 4.78 is 0. The average molecular weight is 152 g/mol. The van der Waals surface area contributed by atoms with Crippen LogP contribution in [0.1, 0.15) is 20.3 Å². The van der Waals surface area contributed by atoms with Crippen LogP contribution in [0.25, 0.3) is 0 Å². The molecule has 1 aliphatic heterocycles. The Balaban J connectivity index is 2.27. The molecule has 1 nitrogen and oxygen atoms in total. The van der Waals surface area contributed by atoms with E-state index in [1.54, 1.807) is 0 Å². The monoisotopic (exact) mass is 152 g/mol. The average Bonchev–Trinajstić information content (AvgIpc) is 2.44. The predicted octanol–water partition coefficient (Wildman–Crippen LogP) is 2.11. The zero-order valence-electron chi connectivity index (χ0n) is 7.64. The van der Waals surface area contributed by atoms with E-state index in [1.165, 1.54) is 6.54 Å². The summed E-state index contributed by atoms with van der Waals surface area (Å²) in [5.74, 6) is 0. The maximum absolute atomic E-state index is 3.98. The summed E-state index contributed by atoms with van der Waals surface area (Å²) in [6.07, 6.45) is 3.10. The van der Waals surface area contributed by atoms with Gasteiger partial charge in [-0.15, -0.1) is 6.58 Å². The van der Waals surface area contributed by atoms with Crippen LogP contribution >= 0.6 is 0 Å². The first-order valence-corrected chi connectivity index (χ1v) is 4.23. The van der Waals surface area contributed by atoms with Gasteiger partial charge in [0, 0.05) is 19.1 Å². The van der Waals surface area contributed by atoms with Crippen molar-refractivity contribution in [2.45, 2.75) is 26.3 Å². The molecule has 0 aromatic rings. The fourth-order valence-electron chi connectivity index (χ4n) is 1.42. The van der Waals surface area contributed by atoms with Crippen LogP contribution in [-0.2, 0) is 0 Å². The number of hydrogen-bond donors (Lipinski definition) is 0. The van der Waals surface area contributed by atoms with Crippen LogP contribution in [0.4, 0.5) is 0 Å². The molecule has 0 bridgehead atoms. The molecule has 1 aliphatic rings. The van der Waals surface area contributed by atoms with Gasteiger partial charge in [-0.2, -0.15) is 0 Å². The fraction of sp³-hybridized carbons (Fsp3) is 0.700. The fourth-order valence-corrected chi connectivity index (χ4v) is 1.42. The third-order valence-corrected chi connectivity index (χ3v) is 2.16. The highest BCUT2D eigenvalue weighted by atomic mass is 15.3. The number of rotatable bonds is 4. The van der Waals surface area contributed by atoms with Gasteiger partial charge in [0.25, 0.3) is 0 Å². The van der Waals surface area contributed by atoms with E-state index < -0.39 is 0 Å². The van der Waals surface area contributed by atoms with Crippen molar-refractivity contribution in [1.82, 2.24) is 4.90 Å². The molecule has 0 spiro atoms. The van der Waals surface area contributed by atoms with Gasteiger partial charge in [0.15, 0.2) is 0 Å². The Bertz CT molecular complexity index is 149. The molecule has 11 heavy (non-hydrogen) atoms. The SMILES string of the molecule is [CH2]C1CN1CC(C)(C)CC=C. The van der Waals surface area contributed by atoms with E-state index in [1.807, 2.05) is 6.08 Å². The molecule has 1 heterocycles. The summed E-state index contributed by atoms with van der Waals surface area (Å²) in [6.45, 7) is 14.6. The van der Waals surface area contributed by atoms with Crippen molar-refractivity contribution < 1.29 is 0 Å². The number of allylic oxidation sites excluding steroid dienone is 1. The lowest BCUT2D eigenvalue weighted by Crippen LogP contribution is -2.22. The molecule has 0 N–H and O–H groups in total. The van der Waals surface area contributed by atoms with Crippen molar-refractivity contribution in [3.05, 3.63) is 19.6 Å². The third kappa shape index (κ3) is 2.66. The minimum absolute atomic E-state index is 0.383. The molecule has 0 aromatic carbocycles. The predicted molar refractivity (Wildman–Crippen MR) is 49.3 cm³/mol. The van der Waals surface area contributed by atoms with Gasteiger partial charge >= 0.3 is 0 Å².